The Morgan fingerprint density at radius 3 is 3.04 bits per heavy atom. The molecule has 3 aliphatic heterocycles. The highest BCUT2D eigenvalue weighted by Gasteiger charge is 2.30. The molecule has 0 bridgehead atoms. The summed E-state index contributed by atoms with van der Waals surface area (Å²) in [6.45, 7) is 1.90. The molecule has 1 aromatic heterocycles. The third-order valence-electron chi connectivity index (χ3n) is 4.49. The lowest BCUT2D eigenvalue weighted by molar-refractivity contribution is 0.497. The first kappa shape index (κ1) is 14.9. The monoisotopic (exact) mass is 330 g/mol. The van der Waals surface area contributed by atoms with Gasteiger partial charge in [0.15, 0.2) is 5.82 Å². The second-order valence-corrected chi connectivity index (χ2v) is 7.42. The molecular formula is C16H22N6S. The molecule has 0 amide bonds. The van der Waals surface area contributed by atoms with Crippen molar-refractivity contribution < 1.29 is 0 Å². The average molecular weight is 330 g/mol. The molecule has 0 aliphatic carbocycles. The minimum absolute atomic E-state index is 0.0159. The van der Waals surface area contributed by atoms with E-state index in [0.717, 1.165) is 43.1 Å². The van der Waals surface area contributed by atoms with Crippen molar-refractivity contribution in [1.82, 2.24) is 9.78 Å². The van der Waals surface area contributed by atoms with Crippen LogP contribution in [-0.2, 0) is 7.05 Å². The lowest BCUT2D eigenvalue weighted by Crippen LogP contribution is -2.44. The summed E-state index contributed by atoms with van der Waals surface area (Å²) in [6.07, 6.45) is 12.5. The Bertz CT molecular complexity index is 703. The Morgan fingerprint density at radius 2 is 2.22 bits per heavy atom. The van der Waals surface area contributed by atoms with E-state index in [1.807, 2.05) is 17.9 Å². The summed E-state index contributed by atoms with van der Waals surface area (Å²) in [4.78, 5) is 5.76. The molecule has 7 heteroatoms. The number of fused-ring (bicyclic) bond motifs is 1. The molecule has 3 aliphatic rings. The first-order valence-corrected chi connectivity index (χ1v) is 8.86. The van der Waals surface area contributed by atoms with Gasteiger partial charge < -0.3 is 21.3 Å². The Hall–Kier alpha value is -1.70. The van der Waals surface area contributed by atoms with E-state index >= 15 is 0 Å². The maximum absolute atomic E-state index is 6.17. The van der Waals surface area contributed by atoms with Crippen molar-refractivity contribution >= 4 is 23.3 Å². The molecule has 1 aromatic rings. The summed E-state index contributed by atoms with van der Waals surface area (Å²) in [6, 6.07) is 0.230. The van der Waals surface area contributed by atoms with Gasteiger partial charge in [-0.05, 0) is 31.1 Å². The van der Waals surface area contributed by atoms with Crippen LogP contribution in [0.4, 0.5) is 11.5 Å². The quantitative estimate of drug-likeness (QED) is 0.855. The molecule has 4 N–H and O–H groups in total. The lowest BCUT2D eigenvalue weighted by atomic mass is 10.1. The summed E-state index contributed by atoms with van der Waals surface area (Å²) in [5.41, 5.74) is 14.5. The van der Waals surface area contributed by atoms with Crippen molar-refractivity contribution in [3.63, 3.8) is 0 Å². The number of allylic oxidation sites excluding steroid dienone is 2. The number of piperidine rings is 1. The zero-order valence-corrected chi connectivity index (χ0v) is 14.0. The third kappa shape index (κ3) is 2.58. The van der Waals surface area contributed by atoms with E-state index in [4.69, 9.17) is 11.5 Å². The first-order valence-electron chi connectivity index (χ1n) is 7.98. The standard InChI is InChI=1S/C16H22N6S/c1-20-16(21-6-2-4-11(17)10-21)13(9-19-20)22-7-3-5-14-12(22)8-15(18)23-14/h3,5,7-9,11,15H,2,4,6,10,17-18H2,1H3/t11-,15?/m1/s1. The number of anilines is 2. The van der Waals surface area contributed by atoms with E-state index in [1.165, 1.54) is 4.91 Å². The van der Waals surface area contributed by atoms with Crippen LogP contribution in [0.15, 0.2) is 41.2 Å². The Labute approximate surface area is 140 Å². The summed E-state index contributed by atoms with van der Waals surface area (Å²) in [5.74, 6) is 1.12. The van der Waals surface area contributed by atoms with Crippen LogP contribution in [0, 0.1) is 0 Å². The number of nitrogens with two attached hydrogens (primary N) is 2. The van der Waals surface area contributed by atoms with Crippen LogP contribution in [0.2, 0.25) is 0 Å². The molecule has 0 spiro atoms. The predicted octanol–water partition coefficient (Wildman–Crippen LogP) is 1.48. The van der Waals surface area contributed by atoms with Crippen molar-refractivity contribution in [2.24, 2.45) is 18.5 Å². The molecule has 1 saturated heterocycles. The van der Waals surface area contributed by atoms with Crippen LogP contribution in [0.5, 0.6) is 0 Å². The van der Waals surface area contributed by atoms with Gasteiger partial charge in [0.2, 0.25) is 0 Å². The smallest absolute Gasteiger partial charge is 0.151 e. The van der Waals surface area contributed by atoms with Gasteiger partial charge in [0.05, 0.1) is 17.3 Å². The largest absolute Gasteiger partial charge is 0.354 e. The fraction of sp³-hybridized carbons (Fsp3) is 0.438. The highest BCUT2D eigenvalue weighted by atomic mass is 32.2. The molecule has 122 valence electrons. The predicted molar refractivity (Wildman–Crippen MR) is 96.0 cm³/mol. The molecule has 4 heterocycles. The van der Waals surface area contributed by atoms with Gasteiger partial charge in [-0.1, -0.05) is 0 Å². The average Bonchev–Trinajstić information content (AvgIpc) is 3.08. The van der Waals surface area contributed by atoms with Gasteiger partial charge in [-0.3, -0.25) is 4.68 Å². The van der Waals surface area contributed by atoms with Crippen LogP contribution < -0.4 is 21.3 Å². The van der Waals surface area contributed by atoms with Gasteiger partial charge >= 0.3 is 0 Å². The Kier molecular flexibility index (Phi) is 3.71. The normalized spacial score (nSPS) is 27.1. The molecule has 0 radical (unpaired) electrons. The molecule has 6 nitrogen and oxygen atoms in total. The molecule has 0 aromatic carbocycles. The summed E-state index contributed by atoms with van der Waals surface area (Å²) in [5, 5.41) is 4.52. The number of hydrogen-bond donors (Lipinski definition) is 2. The molecule has 0 saturated carbocycles. The van der Waals surface area contributed by atoms with Gasteiger partial charge in [0.25, 0.3) is 0 Å². The summed E-state index contributed by atoms with van der Waals surface area (Å²) < 4.78 is 1.95. The van der Waals surface area contributed by atoms with Crippen LogP contribution in [-0.4, -0.2) is 34.3 Å². The van der Waals surface area contributed by atoms with Crippen molar-refractivity contribution in [2.45, 2.75) is 24.3 Å². The van der Waals surface area contributed by atoms with Crippen LogP contribution in [0.1, 0.15) is 12.8 Å². The Balaban J connectivity index is 1.72. The molecule has 23 heavy (non-hydrogen) atoms. The summed E-state index contributed by atoms with van der Waals surface area (Å²) >= 11 is 1.69. The second-order valence-electron chi connectivity index (χ2n) is 6.20. The zero-order valence-electron chi connectivity index (χ0n) is 13.2. The topological polar surface area (TPSA) is 76.3 Å². The minimum Gasteiger partial charge on any atom is -0.354 e. The van der Waals surface area contributed by atoms with Crippen LogP contribution in [0.3, 0.4) is 0 Å². The zero-order chi connectivity index (χ0) is 16.0. The number of thioether (sulfide) groups is 1. The number of hydrogen-bond acceptors (Lipinski definition) is 6. The van der Waals surface area contributed by atoms with E-state index in [9.17, 15) is 0 Å². The van der Waals surface area contributed by atoms with Crippen LogP contribution in [0.25, 0.3) is 0 Å². The molecular weight excluding hydrogens is 308 g/mol. The third-order valence-corrected chi connectivity index (χ3v) is 5.49. The minimum atomic E-state index is 0.0159. The Morgan fingerprint density at radius 1 is 1.35 bits per heavy atom. The van der Waals surface area contributed by atoms with Crippen molar-refractivity contribution in [2.75, 3.05) is 22.9 Å². The fourth-order valence-electron chi connectivity index (χ4n) is 3.47. The molecule has 1 unspecified atom stereocenters. The number of nitrogens with zero attached hydrogens (tertiary/aromatic N) is 4. The number of aromatic nitrogens is 2. The highest BCUT2D eigenvalue weighted by Crippen LogP contribution is 2.43. The van der Waals surface area contributed by atoms with Crippen LogP contribution >= 0.6 is 11.8 Å². The van der Waals surface area contributed by atoms with Gasteiger partial charge in [0.1, 0.15) is 5.69 Å². The van der Waals surface area contributed by atoms with Crippen molar-refractivity contribution in [3.8, 4) is 0 Å². The summed E-state index contributed by atoms with van der Waals surface area (Å²) in [7, 11) is 1.99. The number of rotatable bonds is 2. The number of aryl methyl sites for hydroxylation is 1. The van der Waals surface area contributed by atoms with Crippen molar-refractivity contribution in [1.29, 1.82) is 0 Å². The first-order chi connectivity index (χ1) is 11.1. The van der Waals surface area contributed by atoms with Gasteiger partial charge in [-0.25, -0.2) is 0 Å². The van der Waals surface area contributed by atoms with Gasteiger partial charge in [-0.15, -0.1) is 11.8 Å². The van der Waals surface area contributed by atoms with Gasteiger partial charge in [-0.2, -0.15) is 5.10 Å². The fourth-order valence-corrected chi connectivity index (χ4v) is 4.40. The van der Waals surface area contributed by atoms with E-state index in [2.05, 4.69) is 39.3 Å². The molecule has 2 atom stereocenters. The maximum Gasteiger partial charge on any atom is 0.151 e. The maximum atomic E-state index is 6.17. The molecule has 1 fully saturated rings. The van der Waals surface area contributed by atoms with E-state index < -0.39 is 0 Å². The highest BCUT2D eigenvalue weighted by molar-refractivity contribution is 8.04. The SMILES string of the molecule is Cn1ncc(N2C=CC=C3SC(N)C=C32)c1N1CCC[C@@H](N)C1. The van der Waals surface area contributed by atoms with Gasteiger partial charge in [0, 0.05) is 37.3 Å². The van der Waals surface area contributed by atoms with E-state index in [-0.39, 0.29) is 11.4 Å². The second kappa shape index (κ2) is 5.74. The molecule has 4 rings (SSSR count). The van der Waals surface area contributed by atoms with Crippen molar-refractivity contribution in [3.05, 3.63) is 41.2 Å². The van der Waals surface area contributed by atoms with E-state index in [1.54, 1.807) is 11.8 Å². The lowest BCUT2D eigenvalue weighted by Gasteiger charge is -2.35. The van der Waals surface area contributed by atoms with E-state index in [0.29, 0.717) is 0 Å².